The van der Waals surface area contributed by atoms with Gasteiger partial charge in [0.2, 0.25) is 0 Å². The summed E-state index contributed by atoms with van der Waals surface area (Å²) in [5.74, 6) is -2.16. The van der Waals surface area contributed by atoms with E-state index in [0.29, 0.717) is 6.42 Å². The van der Waals surface area contributed by atoms with Crippen molar-refractivity contribution in [3.8, 4) is 0 Å². The molecule has 2 aliphatic heterocycles. The number of fused-ring (bicyclic) bond motifs is 5. The molecule has 3 aliphatic rings. The molecule has 37 heavy (non-hydrogen) atoms. The maximum Gasteiger partial charge on any atom is 0.306 e. The second kappa shape index (κ2) is 10.8. The SMILES string of the molecule is CCCC(=O)O[C@]1(C)CC[C@H](OC(C)=O)[C@@](C)(O)C[C@H]2O[C@@H]1[C@@H]1[C@@H](C(C)C)[C@H](O)C[C@@](C)(OC(C)=O)[C@@H]12. The highest BCUT2D eigenvalue weighted by Gasteiger charge is 2.67. The zero-order chi connectivity index (χ0) is 27.9. The van der Waals surface area contributed by atoms with E-state index in [9.17, 15) is 24.6 Å². The summed E-state index contributed by atoms with van der Waals surface area (Å²) in [5.41, 5.74) is -3.64. The molecule has 0 radical (unpaired) electrons. The molecule has 2 saturated heterocycles. The standard InChI is InChI=1S/C28H46O9/c1-9-10-21(32)37-27(7)12-11-20(34-16(4)29)26(6,33)14-19-24-23(25(27)35-19)22(15(2)3)18(31)13-28(24,8)36-17(5)30/h15,18-20,22-25,31,33H,9-14H2,1-8H3/t18-,19-,20+,22+,23-,24-,25-,26+,27-,28-/m1/s1. The van der Waals surface area contributed by atoms with E-state index in [1.54, 1.807) is 6.92 Å². The summed E-state index contributed by atoms with van der Waals surface area (Å²) in [6, 6.07) is 0. The van der Waals surface area contributed by atoms with E-state index in [-0.39, 0.29) is 61.7 Å². The third-order valence-electron chi connectivity index (χ3n) is 8.76. The van der Waals surface area contributed by atoms with E-state index < -0.39 is 53.2 Å². The summed E-state index contributed by atoms with van der Waals surface area (Å²) < 4.78 is 24.4. The van der Waals surface area contributed by atoms with Gasteiger partial charge in [-0.3, -0.25) is 14.4 Å². The number of ether oxygens (including phenoxy) is 4. The topological polar surface area (TPSA) is 129 Å². The predicted octanol–water partition coefficient (Wildman–Crippen LogP) is 3.31. The van der Waals surface area contributed by atoms with Crippen LogP contribution in [0.25, 0.3) is 0 Å². The van der Waals surface area contributed by atoms with Gasteiger partial charge in [0.25, 0.3) is 0 Å². The molecule has 0 aromatic carbocycles. The van der Waals surface area contributed by atoms with Gasteiger partial charge in [-0.15, -0.1) is 0 Å². The molecular formula is C28H46O9. The van der Waals surface area contributed by atoms with E-state index in [1.165, 1.54) is 13.8 Å². The summed E-state index contributed by atoms with van der Waals surface area (Å²) in [7, 11) is 0. The first-order chi connectivity index (χ1) is 17.0. The van der Waals surface area contributed by atoms with Crippen molar-refractivity contribution >= 4 is 17.9 Å². The van der Waals surface area contributed by atoms with Crippen LogP contribution >= 0.6 is 0 Å². The van der Waals surface area contributed by atoms with E-state index in [1.807, 2.05) is 34.6 Å². The van der Waals surface area contributed by atoms with Crippen LogP contribution in [0.5, 0.6) is 0 Å². The number of carbonyl (C=O) groups is 3. The van der Waals surface area contributed by atoms with E-state index in [0.717, 1.165) is 0 Å². The Kier molecular flexibility index (Phi) is 8.72. The Labute approximate surface area is 220 Å². The fourth-order valence-corrected chi connectivity index (χ4v) is 7.46. The maximum absolute atomic E-state index is 12.8. The van der Waals surface area contributed by atoms with Crippen molar-refractivity contribution in [1.29, 1.82) is 0 Å². The van der Waals surface area contributed by atoms with Crippen molar-refractivity contribution in [2.24, 2.45) is 23.7 Å². The lowest BCUT2D eigenvalue weighted by Gasteiger charge is -2.53. The van der Waals surface area contributed by atoms with E-state index >= 15 is 0 Å². The van der Waals surface area contributed by atoms with Gasteiger partial charge in [0, 0.05) is 44.9 Å². The molecule has 2 heterocycles. The van der Waals surface area contributed by atoms with Gasteiger partial charge in [0.1, 0.15) is 29.0 Å². The Morgan fingerprint density at radius 2 is 1.68 bits per heavy atom. The Morgan fingerprint density at radius 1 is 1.03 bits per heavy atom. The molecule has 0 unspecified atom stereocenters. The molecule has 9 nitrogen and oxygen atoms in total. The van der Waals surface area contributed by atoms with Crippen molar-refractivity contribution in [3.63, 3.8) is 0 Å². The van der Waals surface area contributed by atoms with Crippen molar-refractivity contribution in [3.05, 3.63) is 0 Å². The van der Waals surface area contributed by atoms with Gasteiger partial charge in [0.05, 0.1) is 12.2 Å². The zero-order valence-electron chi connectivity index (χ0n) is 23.6. The molecule has 0 spiro atoms. The number of carbonyl (C=O) groups excluding carboxylic acids is 3. The molecule has 1 aliphatic carbocycles. The van der Waals surface area contributed by atoms with Crippen LogP contribution in [0.1, 0.15) is 93.9 Å². The average molecular weight is 527 g/mol. The van der Waals surface area contributed by atoms with Gasteiger partial charge in [0.15, 0.2) is 0 Å². The van der Waals surface area contributed by atoms with Gasteiger partial charge in [-0.1, -0.05) is 20.8 Å². The first kappa shape index (κ1) is 29.8. The molecular weight excluding hydrogens is 480 g/mol. The highest BCUT2D eigenvalue weighted by molar-refractivity contribution is 5.70. The molecule has 212 valence electrons. The molecule has 3 rings (SSSR count). The number of hydrogen-bond acceptors (Lipinski definition) is 9. The predicted molar refractivity (Wildman–Crippen MR) is 134 cm³/mol. The van der Waals surface area contributed by atoms with E-state index in [4.69, 9.17) is 18.9 Å². The van der Waals surface area contributed by atoms with Crippen molar-refractivity contribution in [1.82, 2.24) is 0 Å². The first-order valence-corrected chi connectivity index (χ1v) is 13.7. The van der Waals surface area contributed by atoms with Crippen LogP contribution in [0, 0.1) is 23.7 Å². The fourth-order valence-electron chi connectivity index (χ4n) is 7.46. The minimum atomic E-state index is -1.45. The average Bonchev–Trinajstić information content (AvgIpc) is 3.10. The molecule has 2 bridgehead atoms. The van der Waals surface area contributed by atoms with Crippen LogP contribution in [0.2, 0.25) is 0 Å². The van der Waals surface area contributed by atoms with Gasteiger partial charge >= 0.3 is 17.9 Å². The second-order valence-corrected chi connectivity index (χ2v) is 12.4. The normalized spacial score (nSPS) is 43.7. The van der Waals surface area contributed by atoms with Crippen molar-refractivity contribution in [2.75, 3.05) is 0 Å². The zero-order valence-corrected chi connectivity index (χ0v) is 23.6. The van der Waals surface area contributed by atoms with Crippen LogP contribution in [0.4, 0.5) is 0 Å². The minimum Gasteiger partial charge on any atom is -0.460 e. The van der Waals surface area contributed by atoms with Crippen LogP contribution in [-0.2, 0) is 33.3 Å². The smallest absolute Gasteiger partial charge is 0.306 e. The van der Waals surface area contributed by atoms with Gasteiger partial charge in [-0.2, -0.15) is 0 Å². The molecule has 1 saturated carbocycles. The highest BCUT2D eigenvalue weighted by atomic mass is 16.6. The summed E-state index contributed by atoms with van der Waals surface area (Å²) >= 11 is 0. The van der Waals surface area contributed by atoms with Crippen LogP contribution in [0.15, 0.2) is 0 Å². The summed E-state index contributed by atoms with van der Waals surface area (Å²) in [6.45, 7) is 13.9. The Bertz CT molecular complexity index is 870. The van der Waals surface area contributed by atoms with Gasteiger partial charge in [-0.05, 0) is 51.9 Å². The summed E-state index contributed by atoms with van der Waals surface area (Å²) in [6.07, 6.45) is -1.05. The largest absolute Gasteiger partial charge is 0.460 e. The first-order valence-electron chi connectivity index (χ1n) is 13.7. The number of aliphatic hydroxyl groups excluding tert-OH is 1. The van der Waals surface area contributed by atoms with Crippen LogP contribution in [0.3, 0.4) is 0 Å². The van der Waals surface area contributed by atoms with Gasteiger partial charge in [-0.25, -0.2) is 0 Å². The number of rotatable bonds is 6. The van der Waals surface area contributed by atoms with Crippen LogP contribution < -0.4 is 0 Å². The van der Waals surface area contributed by atoms with Gasteiger partial charge < -0.3 is 29.2 Å². The number of hydrogen-bond donors (Lipinski definition) is 2. The lowest BCUT2D eigenvalue weighted by atomic mass is 9.56. The lowest BCUT2D eigenvalue weighted by Crippen LogP contribution is -2.61. The second-order valence-electron chi connectivity index (χ2n) is 12.4. The fraction of sp³-hybridized carbons (Fsp3) is 0.893. The molecule has 0 amide bonds. The minimum absolute atomic E-state index is 0.0714. The Hall–Kier alpha value is -1.71. The number of aliphatic hydroxyl groups is 2. The summed E-state index contributed by atoms with van der Waals surface area (Å²) in [4.78, 5) is 37.0. The van der Waals surface area contributed by atoms with Crippen LogP contribution in [-0.4, -0.2) is 69.3 Å². The lowest BCUT2D eigenvalue weighted by molar-refractivity contribution is -0.197. The molecule has 9 heteroatoms. The Balaban J connectivity index is 2.19. The highest BCUT2D eigenvalue weighted by Crippen LogP contribution is 2.58. The molecule has 3 fully saturated rings. The third kappa shape index (κ3) is 5.98. The monoisotopic (exact) mass is 526 g/mol. The summed E-state index contributed by atoms with van der Waals surface area (Å²) in [5, 5.41) is 23.0. The maximum atomic E-state index is 12.8. The molecule has 10 atom stereocenters. The molecule has 0 aromatic heterocycles. The molecule has 0 aromatic rings. The van der Waals surface area contributed by atoms with Crippen molar-refractivity contribution < 1.29 is 43.5 Å². The van der Waals surface area contributed by atoms with Crippen molar-refractivity contribution in [2.45, 2.75) is 135 Å². The Morgan fingerprint density at radius 3 is 2.22 bits per heavy atom. The van der Waals surface area contributed by atoms with E-state index in [2.05, 4.69) is 0 Å². The number of esters is 3. The molecule has 2 N–H and O–H groups in total. The third-order valence-corrected chi connectivity index (χ3v) is 8.76. The quantitative estimate of drug-likeness (QED) is 0.396.